The standard InChI is InChI=1S/C16H10Cl2N6/c17-11-4-5-13(18)14(7-11)22-16-23-15(9-20-24-16)21-12-3-1-2-10(6-12)8-19/h1-7,9H,(H2,21,22,23,24). The molecule has 1 aromatic heterocycles. The topological polar surface area (TPSA) is 86.5 Å². The summed E-state index contributed by atoms with van der Waals surface area (Å²) in [5.74, 6) is 0.737. The first-order valence-corrected chi connectivity index (χ1v) is 7.58. The second-order valence-electron chi connectivity index (χ2n) is 4.73. The Morgan fingerprint density at radius 1 is 1.04 bits per heavy atom. The lowest BCUT2D eigenvalue weighted by Crippen LogP contribution is -2.02. The maximum Gasteiger partial charge on any atom is 0.249 e. The summed E-state index contributed by atoms with van der Waals surface area (Å²) in [4.78, 5) is 4.31. The Labute approximate surface area is 148 Å². The number of hydrogen-bond donors (Lipinski definition) is 2. The van der Waals surface area contributed by atoms with E-state index in [1.807, 2.05) is 6.07 Å². The van der Waals surface area contributed by atoms with Gasteiger partial charge in [0.1, 0.15) is 0 Å². The van der Waals surface area contributed by atoms with Crippen molar-refractivity contribution in [2.75, 3.05) is 10.6 Å². The molecule has 0 saturated carbocycles. The minimum absolute atomic E-state index is 0.264. The van der Waals surface area contributed by atoms with Crippen LogP contribution in [0.1, 0.15) is 5.56 Å². The number of hydrogen-bond acceptors (Lipinski definition) is 6. The number of aromatic nitrogens is 3. The van der Waals surface area contributed by atoms with Gasteiger partial charge in [0, 0.05) is 10.7 Å². The van der Waals surface area contributed by atoms with E-state index in [0.29, 0.717) is 27.1 Å². The van der Waals surface area contributed by atoms with Crippen LogP contribution in [0, 0.1) is 11.3 Å². The molecule has 0 saturated heterocycles. The number of benzene rings is 2. The van der Waals surface area contributed by atoms with Gasteiger partial charge in [-0.2, -0.15) is 15.3 Å². The molecule has 0 spiro atoms. The summed E-state index contributed by atoms with van der Waals surface area (Å²) >= 11 is 12.1. The molecule has 0 aliphatic carbocycles. The fourth-order valence-corrected chi connectivity index (χ4v) is 2.28. The predicted octanol–water partition coefficient (Wildman–Crippen LogP) is 4.54. The molecule has 118 valence electrons. The van der Waals surface area contributed by atoms with Crippen molar-refractivity contribution in [1.29, 1.82) is 5.26 Å². The molecule has 0 aliphatic heterocycles. The molecule has 0 radical (unpaired) electrons. The number of anilines is 4. The average Bonchev–Trinajstić information content (AvgIpc) is 2.59. The Balaban J connectivity index is 1.81. The molecular formula is C16H10Cl2N6. The van der Waals surface area contributed by atoms with Crippen LogP contribution in [-0.4, -0.2) is 15.2 Å². The van der Waals surface area contributed by atoms with Crippen LogP contribution in [-0.2, 0) is 0 Å². The molecule has 0 bridgehead atoms. The van der Waals surface area contributed by atoms with E-state index in [2.05, 4.69) is 31.9 Å². The van der Waals surface area contributed by atoms with Crippen molar-refractivity contribution in [3.8, 4) is 6.07 Å². The summed E-state index contributed by atoms with van der Waals surface area (Å²) in [5.41, 5.74) is 1.85. The van der Waals surface area contributed by atoms with Crippen molar-refractivity contribution in [3.05, 3.63) is 64.3 Å². The highest BCUT2D eigenvalue weighted by Crippen LogP contribution is 2.27. The van der Waals surface area contributed by atoms with E-state index >= 15 is 0 Å². The number of nitriles is 1. The van der Waals surface area contributed by atoms with Crippen LogP contribution < -0.4 is 10.6 Å². The van der Waals surface area contributed by atoms with E-state index in [9.17, 15) is 0 Å². The summed E-state index contributed by atoms with van der Waals surface area (Å²) < 4.78 is 0. The fourth-order valence-electron chi connectivity index (χ4n) is 1.94. The second kappa shape index (κ2) is 7.13. The van der Waals surface area contributed by atoms with Crippen molar-refractivity contribution in [2.24, 2.45) is 0 Å². The van der Waals surface area contributed by atoms with Crippen molar-refractivity contribution in [1.82, 2.24) is 15.2 Å². The van der Waals surface area contributed by atoms with Crippen LogP contribution in [0.2, 0.25) is 10.0 Å². The predicted molar refractivity (Wildman–Crippen MR) is 94.0 cm³/mol. The normalized spacial score (nSPS) is 10.0. The molecule has 24 heavy (non-hydrogen) atoms. The molecular weight excluding hydrogens is 347 g/mol. The SMILES string of the molecule is N#Cc1cccc(Nc2cnnc(Nc3cc(Cl)ccc3Cl)n2)c1. The molecule has 3 aromatic rings. The minimum atomic E-state index is 0.264. The van der Waals surface area contributed by atoms with Gasteiger partial charge in [0.15, 0.2) is 5.82 Å². The Hall–Kier alpha value is -2.88. The zero-order valence-corrected chi connectivity index (χ0v) is 13.7. The van der Waals surface area contributed by atoms with Crippen LogP contribution >= 0.6 is 23.2 Å². The summed E-state index contributed by atoms with van der Waals surface area (Å²) in [6.45, 7) is 0. The van der Waals surface area contributed by atoms with E-state index in [4.69, 9.17) is 28.5 Å². The van der Waals surface area contributed by atoms with Crippen LogP contribution in [0.15, 0.2) is 48.7 Å². The molecule has 0 amide bonds. The van der Waals surface area contributed by atoms with Gasteiger partial charge in [-0.15, -0.1) is 5.10 Å². The smallest absolute Gasteiger partial charge is 0.249 e. The molecule has 0 fully saturated rings. The van der Waals surface area contributed by atoms with E-state index in [-0.39, 0.29) is 5.95 Å². The number of rotatable bonds is 4. The summed E-state index contributed by atoms with van der Waals surface area (Å²) in [7, 11) is 0. The van der Waals surface area contributed by atoms with Crippen molar-refractivity contribution in [3.63, 3.8) is 0 Å². The van der Waals surface area contributed by atoms with Gasteiger partial charge in [-0.1, -0.05) is 29.3 Å². The minimum Gasteiger partial charge on any atom is -0.339 e. The number of nitrogens with one attached hydrogen (secondary N) is 2. The van der Waals surface area contributed by atoms with Gasteiger partial charge in [-0.3, -0.25) is 0 Å². The Morgan fingerprint density at radius 2 is 1.92 bits per heavy atom. The van der Waals surface area contributed by atoms with E-state index in [1.54, 1.807) is 36.4 Å². The molecule has 3 rings (SSSR count). The number of nitrogens with zero attached hydrogens (tertiary/aromatic N) is 4. The largest absolute Gasteiger partial charge is 0.339 e. The van der Waals surface area contributed by atoms with Gasteiger partial charge in [0.2, 0.25) is 5.95 Å². The first kappa shape index (κ1) is 16.0. The average molecular weight is 357 g/mol. The van der Waals surface area contributed by atoms with Gasteiger partial charge in [-0.25, -0.2) is 0 Å². The third-order valence-corrected chi connectivity index (χ3v) is 3.56. The maximum absolute atomic E-state index is 8.94. The third kappa shape index (κ3) is 3.90. The molecule has 0 aliphatic rings. The van der Waals surface area contributed by atoms with Crippen molar-refractivity contribution >= 4 is 46.3 Å². The molecule has 8 heteroatoms. The molecule has 2 aromatic carbocycles. The van der Waals surface area contributed by atoms with Crippen molar-refractivity contribution < 1.29 is 0 Å². The lowest BCUT2D eigenvalue weighted by Gasteiger charge is -2.09. The highest BCUT2D eigenvalue weighted by atomic mass is 35.5. The second-order valence-corrected chi connectivity index (χ2v) is 5.58. The third-order valence-electron chi connectivity index (χ3n) is 3.00. The van der Waals surface area contributed by atoms with Crippen LogP contribution in [0.3, 0.4) is 0 Å². The highest BCUT2D eigenvalue weighted by Gasteiger charge is 2.06. The quantitative estimate of drug-likeness (QED) is 0.713. The molecule has 6 nitrogen and oxygen atoms in total. The Bertz CT molecular complexity index is 922. The number of halogens is 2. The summed E-state index contributed by atoms with van der Waals surface area (Å²) in [6.07, 6.45) is 1.48. The van der Waals surface area contributed by atoms with Crippen LogP contribution in [0.25, 0.3) is 0 Å². The highest BCUT2D eigenvalue weighted by molar-refractivity contribution is 6.35. The molecule has 0 unspecified atom stereocenters. The molecule has 2 N–H and O–H groups in total. The summed E-state index contributed by atoms with van der Waals surface area (Å²) in [6, 6.07) is 14.1. The van der Waals surface area contributed by atoms with Gasteiger partial charge >= 0.3 is 0 Å². The van der Waals surface area contributed by atoms with Crippen LogP contribution in [0.4, 0.5) is 23.1 Å². The van der Waals surface area contributed by atoms with Crippen molar-refractivity contribution in [2.45, 2.75) is 0 Å². The van der Waals surface area contributed by atoms with Gasteiger partial charge in [-0.05, 0) is 36.4 Å². The van der Waals surface area contributed by atoms with Crippen LogP contribution in [0.5, 0.6) is 0 Å². The first-order chi connectivity index (χ1) is 11.6. The van der Waals surface area contributed by atoms with E-state index < -0.39 is 0 Å². The van der Waals surface area contributed by atoms with Gasteiger partial charge in [0.05, 0.1) is 28.5 Å². The van der Waals surface area contributed by atoms with Gasteiger partial charge < -0.3 is 10.6 Å². The van der Waals surface area contributed by atoms with E-state index in [1.165, 1.54) is 6.20 Å². The first-order valence-electron chi connectivity index (χ1n) is 6.83. The lowest BCUT2D eigenvalue weighted by atomic mass is 10.2. The zero-order chi connectivity index (χ0) is 16.9. The lowest BCUT2D eigenvalue weighted by molar-refractivity contribution is 0.982. The Morgan fingerprint density at radius 3 is 2.75 bits per heavy atom. The van der Waals surface area contributed by atoms with Gasteiger partial charge in [0.25, 0.3) is 0 Å². The molecule has 1 heterocycles. The Kier molecular flexibility index (Phi) is 4.75. The summed E-state index contributed by atoms with van der Waals surface area (Å²) in [5, 5.41) is 23.8. The zero-order valence-electron chi connectivity index (χ0n) is 12.2. The van der Waals surface area contributed by atoms with E-state index in [0.717, 1.165) is 5.69 Å². The maximum atomic E-state index is 8.94. The monoisotopic (exact) mass is 356 g/mol. The fraction of sp³-hybridized carbons (Fsp3) is 0. The molecule has 0 atom stereocenters.